The Morgan fingerprint density at radius 1 is 1.03 bits per heavy atom. The first-order valence-corrected chi connectivity index (χ1v) is 11.2. The van der Waals surface area contributed by atoms with Crippen LogP contribution in [0.4, 0.5) is 11.4 Å². The highest BCUT2D eigenvalue weighted by molar-refractivity contribution is 14.1. The second kappa shape index (κ2) is 8.54. The number of hydrogen-bond acceptors (Lipinski definition) is 4. The monoisotopic (exact) mass is 516 g/mol. The quantitative estimate of drug-likeness (QED) is 0.402. The molecule has 3 amide bonds. The van der Waals surface area contributed by atoms with Crippen molar-refractivity contribution in [1.82, 2.24) is 0 Å². The van der Waals surface area contributed by atoms with Gasteiger partial charge in [0.1, 0.15) is 0 Å². The van der Waals surface area contributed by atoms with E-state index in [2.05, 4.69) is 27.9 Å². The minimum atomic E-state index is -0.538. The third-order valence-electron chi connectivity index (χ3n) is 4.64. The van der Waals surface area contributed by atoms with Gasteiger partial charge in [0.25, 0.3) is 0 Å². The standard InChI is InChI=1S/C22H17IN2O3S/c23-16-6-9-18(10-7-16)25-21(27)12-19(22(25)28)29-13-20(26)24-17-8-5-14-3-1-2-4-15(14)11-17/h1-11,19H,12-13H2,(H,24,26). The second-order valence-corrected chi connectivity index (χ2v) is 9.09. The molecule has 0 aliphatic carbocycles. The molecule has 5 nitrogen and oxygen atoms in total. The predicted octanol–water partition coefficient (Wildman–Crippen LogP) is 4.45. The molecule has 0 spiro atoms. The van der Waals surface area contributed by atoms with Crippen LogP contribution in [0.1, 0.15) is 6.42 Å². The number of imide groups is 1. The van der Waals surface area contributed by atoms with Crippen LogP contribution in [0.5, 0.6) is 0 Å². The zero-order valence-corrected chi connectivity index (χ0v) is 18.3. The Balaban J connectivity index is 1.37. The summed E-state index contributed by atoms with van der Waals surface area (Å²) in [5.41, 5.74) is 1.28. The maximum Gasteiger partial charge on any atom is 0.247 e. The van der Waals surface area contributed by atoms with Gasteiger partial charge in [0.05, 0.1) is 16.7 Å². The van der Waals surface area contributed by atoms with Gasteiger partial charge in [-0.15, -0.1) is 11.8 Å². The Hall–Kier alpha value is -2.39. The first-order chi connectivity index (χ1) is 14.0. The molecule has 3 aromatic rings. The number of rotatable bonds is 5. The van der Waals surface area contributed by atoms with Crippen LogP contribution in [0.3, 0.4) is 0 Å². The molecule has 4 rings (SSSR count). The zero-order chi connectivity index (χ0) is 20.4. The molecule has 1 heterocycles. The molecule has 1 unspecified atom stereocenters. The molecule has 3 aromatic carbocycles. The first-order valence-electron chi connectivity index (χ1n) is 9.04. The van der Waals surface area contributed by atoms with Crippen LogP contribution in [0, 0.1) is 3.57 Å². The first kappa shape index (κ1) is 19.9. The molecular formula is C22H17IN2O3S. The van der Waals surface area contributed by atoms with Gasteiger partial charge < -0.3 is 5.32 Å². The summed E-state index contributed by atoms with van der Waals surface area (Å²) in [5.74, 6) is -0.585. The Morgan fingerprint density at radius 2 is 1.76 bits per heavy atom. The van der Waals surface area contributed by atoms with E-state index in [-0.39, 0.29) is 29.9 Å². The second-order valence-electron chi connectivity index (χ2n) is 6.66. The molecule has 1 fully saturated rings. The average molecular weight is 516 g/mol. The van der Waals surface area contributed by atoms with E-state index in [4.69, 9.17) is 0 Å². The Kier molecular flexibility index (Phi) is 5.86. The molecule has 1 atom stereocenters. The fourth-order valence-electron chi connectivity index (χ4n) is 3.24. The maximum absolute atomic E-state index is 12.7. The molecule has 1 N–H and O–H groups in total. The van der Waals surface area contributed by atoms with Crippen molar-refractivity contribution in [3.8, 4) is 0 Å². The largest absolute Gasteiger partial charge is 0.325 e. The number of carbonyl (C=O) groups excluding carboxylic acids is 3. The van der Waals surface area contributed by atoms with Crippen molar-refractivity contribution in [3.63, 3.8) is 0 Å². The van der Waals surface area contributed by atoms with Crippen molar-refractivity contribution in [3.05, 3.63) is 70.3 Å². The summed E-state index contributed by atoms with van der Waals surface area (Å²) in [6.07, 6.45) is 0.110. The van der Waals surface area contributed by atoms with Gasteiger partial charge in [-0.3, -0.25) is 14.4 Å². The average Bonchev–Trinajstić information content (AvgIpc) is 3.00. The lowest BCUT2D eigenvalue weighted by Gasteiger charge is -2.15. The van der Waals surface area contributed by atoms with Crippen molar-refractivity contribution in [2.45, 2.75) is 11.7 Å². The molecule has 1 aliphatic heterocycles. The molecule has 1 saturated heterocycles. The highest BCUT2D eigenvalue weighted by Gasteiger charge is 2.40. The molecule has 1 aliphatic rings. The van der Waals surface area contributed by atoms with Crippen molar-refractivity contribution in [2.24, 2.45) is 0 Å². The molecule has 0 aromatic heterocycles. The van der Waals surface area contributed by atoms with Crippen LogP contribution in [-0.4, -0.2) is 28.7 Å². The van der Waals surface area contributed by atoms with E-state index in [0.29, 0.717) is 11.4 Å². The van der Waals surface area contributed by atoms with Crippen LogP contribution in [0.25, 0.3) is 10.8 Å². The molecule has 0 saturated carbocycles. The van der Waals surface area contributed by atoms with Gasteiger partial charge in [0, 0.05) is 15.7 Å². The number of carbonyl (C=O) groups is 3. The number of benzene rings is 3. The predicted molar refractivity (Wildman–Crippen MR) is 125 cm³/mol. The highest BCUT2D eigenvalue weighted by Crippen LogP contribution is 2.30. The Labute approximate surface area is 186 Å². The number of anilines is 2. The van der Waals surface area contributed by atoms with E-state index >= 15 is 0 Å². The van der Waals surface area contributed by atoms with Gasteiger partial charge in [-0.05, 0) is 69.8 Å². The van der Waals surface area contributed by atoms with Gasteiger partial charge in [0.15, 0.2) is 0 Å². The summed E-state index contributed by atoms with van der Waals surface area (Å²) in [5, 5.41) is 4.47. The smallest absolute Gasteiger partial charge is 0.247 e. The van der Waals surface area contributed by atoms with Crippen molar-refractivity contribution in [1.29, 1.82) is 0 Å². The van der Waals surface area contributed by atoms with E-state index in [1.54, 1.807) is 12.1 Å². The summed E-state index contributed by atoms with van der Waals surface area (Å²) >= 11 is 3.37. The summed E-state index contributed by atoms with van der Waals surface area (Å²) in [7, 11) is 0. The lowest BCUT2D eigenvalue weighted by molar-refractivity contribution is -0.121. The summed E-state index contributed by atoms with van der Waals surface area (Å²) < 4.78 is 1.03. The zero-order valence-electron chi connectivity index (χ0n) is 15.3. The lowest BCUT2D eigenvalue weighted by atomic mass is 10.1. The van der Waals surface area contributed by atoms with E-state index in [1.165, 1.54) is 16.7 Å². The molecule has 29 heavy (non-hydrogen) atoms. The van der Waals surface area contributed by atoms with Gasteiger partial charge in [-0.1, -0.05) is 30.3 Å². The number of thioether (sulfide) groups is 1. The van der Waals surface area contributed by atoms with Crippen LogP contribution >= 0.6 is 34.4 Å². The molecular weight excluding hydrogens is 499 g/mol. The number of amides is 3. The summed E-state index contributed by atoms with van der Waals surface area (Å²) in [6, 6.07) is 20.9. The fraction of sp³-hybridized carbons (Fsp3) is 0.136. The van der Waals surface area contributed by atoms with E-state index in [0.717, 1.165) is 14.3 Å². The van der Waals surface area contributed by atoms with Gasteiger partial charge in [0.2, 0.25) is 17.7 Å². The third kappa shape index (κ3) is 4.45. The van der Waals surface area contributed by atoms with Crippen molar-refractivity contribution >= 4 is 74.2 Å². The fourth-order valence-corrected chi connectivity index (χ4v) is 4.53. The topological polar surface area (TPSA) is 66.5 Å². The molecule has 7 heteroatoms. The number of halogens is 1. The third-order valence-corrected chi connectivity index (χ3v) is 6.56. The number of fused-ring (bicyclic) bond motifs is 1. The van der Waals surface area contributed by atoms with Gasteiger partial charge >= 0.3 is 0 Å². The number of nitrogens with one attached hydrogen (secondary N) is 1. The lowest BCUT2D eigenvalue weighted by Crippen LogP contribution is -2.31. The minimum Gasteiger partial charge on any atom is -0.325 e. The van der Waals surface area contributed by atoms with Crippen LogP contribution in [0.2, 0.25) is 0 Å². The van der Waals surface area contributed by atoms with Crippen LogP contribution in [0.15, 0.2) is 66.7 Å². The highest BCUT2D eigenvalue weighted by atomic mass is 127. The van der Waals surface area contributed by atoms with Crippen LogP contribution in [-0.2, 0) is 14.4 Å². The Morgan fingerprint density at radius 3 is 2.52 bits per heavy atom. The van der Waals surface area contributed by atoms with E-state index in [9.17, 15) is 14.4 Å². The van der Waals surface area contributed by atoms with E-state index < -0.39 is 5.25 Å². The summed E-state index contributed by atoms with van der Waals surface area (Å²) in [4.78, 5) is 38.6. The number of hydrogen-bond donors (Lipinski definition) is 1. The molecule has 146 valence electrons. The minimum absolute atomic E-state index is 0.108. The Bertz CT molecular complexity index is 1100. The normalized spacial score (nSPS) is 16.4. The van der Waals surface area contributed by atoms with Crippen LogP contribution < -0.4 is 10.2 Å². The molecule has 0 radical (unpaired) electrons. The van der Waals surface area contributed by atoms with E-state index in [1.807, 2.05) is 54.6 Å². The van der Waals surface area contributed by atoms with Gasteiger partial charge in [-0.2, -0.15) is 0 Å². The van der Waals surface area contributed by atoms with Crippen molar-refractivity contribution in [2.75, 3.05) is 16.0 Å². The SMILES string of the molecule is O=C(CSC1CC(=O)N(c2ccc(I)cc2)C1=O)Nc1ccc2ccccc2c1. The number of nitrogens with zero attached hydrogens (tertiary/aromatic N) is 1. The van der Waals surface area contributed by atoms with Crippen molar-refractivity contribution < 1.29 is 14.4 Å². The van der Waals surface area contributed by atoms with Gasteiger partial charge in [-0.25, -0.2) is 4.90 Å². The summed E-state index contributed by atoms with van der Waals surface area (Å²) in [6.45, 7) is 0. The maximum atomic E-state index is 12.7. The molecule has 0 bridgehead atoms.